The molecule has 4 atom stereocenters. The van der Waals surface area contributed by atoms with Crippen LogP contribution in [0.15, 0.2) is 36.5 Å². The molecule has 4 unspecified atom stereocenters. The van der Waals surface area contributed by atoms with Gasteiger partial charge in [0.15, 0.2) is 0 Å². The average molecular weight is 734 g/mol. The minimum absolute atomic E-state index is 0.353. The maximum absolute atomic E-state index is 12.5. The van der Waals surface area contributed by atoms with Crippen LogP contribution in [0.25, 0.3) is 0 Å². The van der Waals surface area contributed by atoms with Gasteiger partial charge < -0.3 is 25.7 Å². The van der Waals surface area contributed by atoms with Gasteiger partial charge in [0.05, 0.1) is 18.8 Å². The van der Waals surface area contributed by atoms with E-state index in [2.05, 4.69) is 55.6 Å². The van der Waals surface area contributed by atoms with Crippen LogP contribution >= 0.6 is 0 Å². The molecule has 0 rings (SSSR count). The third-order valence-corrected chi connectivity index (χ3v) is 10.3. The number of carbonyl (C=O) groups is 1. The van der Waals surface area contributed by atoms with E-state index in [1.807, 2.05) is 0 Å². The van der Waals surface area contributed by atoms with Crippen molar-refractivity contribution >= 4 is 5.91 Å². The van der Waals surface area contributed by atoms with Gasteiger partial charge in [-0.15, -0.1) is 0 Å². The number of carbonyl (C=O) groups excluding carboxylic acids is 1. The van der Waals surface area contributed by atoms with Gasteiger partial charge in [0.2, 0.25) is 5.91 Å². The summed E-state index contributed by atoms with van der Waals surface area (Å²) in [5.41, 5.74) is 0. The zero-order chi connectivity index (χ0) is 38.2. The maximum atomic E-state index is 12.5. The van der Waals surface area contributed by atoms with Gasteiger partial charge in [0.25, 0.3) is 0 Å². The van der Waals surface area contributed by atoms with E-state index in [1.165, 1.54) is 135 Å². The Morgan fingerprint density at radius 3 is 1.21 bits per heavy atom. The Labute approximate surface area is 322 Å². The first-order valence-electron chi connectivity index (χ1n) is 22.4. The van der Waals surface area contributed by atoms with Crippen LogP contribution < -0.4 is 5.32 Å². The van der Waals surface area contributed by atoms with Crippen LogP contribution in [-0.2, 0) is 4.79 Å². The molecular weight excluding hydrogens is 647 g/mol. The summed E-state index contributed by atoms with van der Waals surface area (Å²) in [4.78, 5) is 12.5. The van der Waals surface area contributed by atoms with Crippen LogP contribution in [0.2, 0.25) is 0 Å². The third kappa shape index (κ3) is 34.3. The van der Waals surface area contributed by atoms with Crippen molar-refractivity contribution in [1.29, 1.82) is 0 Å². The summed E-state index contributed by atoms with van der Waals surface area (Å²) in [5, 5.41) is 43.6. The molecule has 0 aliphatic rings. The van der Waals surface area contributed by atoms with E-state index in [0.717, 1.165) is 51.4 Å². The molecule has 5 N–H and O–H groups in total. The zero-order valence-electron chi connectivity index (χ0n) is 34.3. The average Bonchev–Trinajstić information content (AvgIpc) is 3.15. The summed E-state index contributed by atoms with van der Waals surface area (Å²) in [6.07, 6.45) is 47.4. The Morgan fingerprint density at radius 1 is 0.462 bits per heavy atom. The largest absolute Gasteiger partial charge is 0.394 e. The van der Waals surface area contributed by atoms with Crippen LogP contribution in [0, 0.1) is 0 Å². The van der Waals surface area contributed by atoms with Crippen molar-refractivity contribution < 1.29 is 25.2 Å². The fourth-order valence-electron chi connectivity index (χ4n) is 6.71. The quantitative estimate of drug-likeness (QED) is 0.0318. The van der Waals surface area contributed by atoms with Crippen molar-refractivity contribution in [2.75, 3.05) is 6.61 Å². The van der Waals surface area contributed by atoms with Gasteiger partial charge in [0.1, 0.15) is 12.2 Å². The van der Waals surface area contributed by atoms with Gasteiger partial charge in [-0.05, 0) is 77.0 Å². The van der Waals surface area contributed by atoms with Gasteiger partial charge in [-0.2, -0.15) is 0 Å². The molecule has 0 saturated heterocycles. The van der Waals surface area contributed by atoms with E-state index >= 15 is 0 Å². The Kier molecular flexibility index (Phi) is 39.6. The molecule has 0 radical (unpaired) electrons. The smallest absolute Gasteiger partial charge is 0.249 e. The van der Waals surface area contributed by atoms with Crippen molar-refractivity contribution in [3.63, 3.8) is 0 Å². The highest BCUT2D eigenvalue weighted by Gasteiger charge is 2.28. The molecule has 6 nitrogen and oxygen atoms in total. The molecule has 0 spiro atoms. The van der Waals surface area contributed by atoms with E-state index in [0.29, 0.717) is 19.3 Å². The first kappa shape index (κ1) is 50.5. The van der Waals surface area contributed by atoms with Gasteiger partial charge in [-0.1, -0.05) is 179 Å². The molecule has 0 aromatic carbocycles. The lowest BCUT2D eigenvalue weighted by molar-refractivity contribution is -0.132. The SMILES string of the molecule is CCCCCCCCCC/C=C\CCCCCCCCC(O)C(=O)NC(CO)C(O)C(O)CCC/C=C/CC/C=C/CCCCCCCCCCC. The minimum atomic E-state index is -1.29. The molecule has 1 amide bonds. The molecule has 0 heterocycles. The monoisotopic (exact) mass is 734 g/mol. The van der Waals surface area contributed by atoms with Crippen LogP contribution in [0.1, 0.15) is 219 Å². The highest BCUT2D eigenvalue weighted by atomic mass is 16.3. The summed E-state index contributed by atoms with van der Waals surface area (Å²) < 4.78 is 0. The molecule has 0 aromatic rings. The topological polar surface area (TPSA) is 110 Å². The molecule has 52 heavy (non-hydrogen) atoms. The zero-order valence-corrected chi connectivity index (χ0v) is 34.3. The fraction of sp³-hybridized carbons (Fsp3) is 0.848. The first-order chi connectivity index (χ1) is 25.5. The van der Waals surface area contributed by atoms with Gasteiger partial charge in [0, 0.05) is 0 Å². The Bertz CT molecular complexity index is 828. The molecule has 0 bridgehead atoms. The predicted octanol–water partition coefficient (Wildman–Crippen LogP) is 11.7. The molecule has 0 fully saturated rings. The van der Waals surface area contributed by atoms with Crippen molar-refractivity contribution in [2.45, 2.75) is 244 Å². The number of hydrogen-bond acceptors (Lipinski definition) is 5. The van der Waals surface area contributed by atoms with E-state index in [9.17, 15) is 25.2 Å². The standard InChI is InChI=1S/C46H87NO5/c1-3-5-7-9-11-13-15-17-19-21-23-25-27-29-31-33-35-37-39-43(49)45(51)42(41-48)47-46(52)44(50)40-38-36-34-32-30-28-26-24-22-20-18-16-14-12-10-8-6-4-2/h22-25,31,33,42-45,48-51H,3-21,26-30,32,34-41H2,1-2H3,(H,47,52)/b24-22-,25-23+,33-31+. The van der Waals surface area contributed by atoms with Crippen LogP contribution in [0.3, 0.4) is 0 Å². The molecule has 0 aliphatic carbocycles. The number of unbranched alkanes of at least 4 members (excludes halogenated alkanes) is 25. The summed E-state index contributed by atoms with van der Waals surface area (Å²) in [7, 11) is 0. The molecular formula is C46H87NO5. The van der Waals surface area contributed by atoms with Crippen molar-refractivity contribution in [3.8, 4) is 0 Å². The maximum Gasteiger partial charge on any atom is 0.249 e. The highest BCUT2D eigenvalue weighted by Crippen LogP contribution is 2.14. The van der Waals surface area contributed by atoms with Crippen molar-refractivity contribution in [2.24, 2.45) is 0 Å². The summed E-state index contributed by atoms with van der Waals surface area (Å²) in [5.74, 6) is -0.603. The van der Waals surface area contributed by atoms with Crippen molar-refractivity contribution in [1.82, 2.24) is 5.32 Å². The van der Waals surface area contributed by atoms with E-state index < -0.39 is 36.9 Å². The second kappa shape index (κ2) is 40.7. The summed E-state index contributed by atoms with van der Waals surface area (Å²) in [6, 6.07) is -1.01. The number of amides is 1. The van der Waals surface area contributed by atoms with E-state index in [4.69, 9.17) is 0 Å². The predicted molar refractivity (Wildman–Crippen MR) is 224 cm³/mol. The lowest BCUT2D eigenvalue weighted by Gasteiger charge is -2.27. The fourth-order valence-corrected chi connectivity index (χ4v) is 6.71. The number of rotatable bonds is 40. The molecule has 6 heteroatoms. The molecule has 0 aromatic heterocycles. The first-order valence-corrected chi connectivity index (χ1v) is 22.4. The normalized spacial score (nSPS) is 14.5. The van der Waals surface area contributed by atoms with Gasteiger partial charge in [-0.3, -0.25) is 4.79 Å². The van der Waals surface area contributed by atoms with Gasteiger partial charge >= 0.3 is 0 Å². The second-order valence-electron chi connectivity index (χ2n) is 15.4. The van der Waals surface area contributed by atoms with E-state index in [1.54, 1.807) is 0 Å². The third-order valence-electron chi connectivity index (χ3n) is 10.3. The Balaban J connectivity index is 3.82. The number of aliphatic hydroxyl groups is 4. The van der Waals surface area contributed by atoms with Gasteiger partial charge in [-0.25, -0.2) is 0 Å². The van der Waals surface area contributed by atoms with Crippen LogP contribution in [0.4, 0.5) is 0 Å². The number of nitrogens with one attached hydrogen (secondary N) is 1. The second-order valence-corrected chi connectivity index (χ2v) is 15.4. The number of hydrogen-bond donors (Lipinski definition) is 5. The highest BCUT2D eigenvalue weighted by molar-refractivity contribution is 5.80. The molecule has 0 aliphatic heterocycles. The molecule has 0 saturated carbocycles. The number of allylic oxidation sites excluding steroid dienone is 6. The lowest BCUT2D eigenvalue weighted by atomic mass is 10.00. The summed E-state index contributed by atoms with van der Waals surface area (Å²) in [6.45, 7) is 4.03. The minimum Gasteiger partial charge on any atom is -0.394 e. The molecule has 306 valence electrons. The van der Waals surface area contributed by atoms with Crippen LogP contribution in [-0.4, -0.2) is 57.3 Å². The van der Waals surface area contributed by atoms with Crippen molar-refractivity contribution in [3.05, 3.63) is 36.5 Å². The lowest BCUT2D eigenvalue weighted by Crippen LogP contribution is -2.53. The Hall–Kier alpha value is -1.47. The number of aliphatic hydroxyl groups excluding tert-OH is 4. The van der Waals surface area contributed by atoms with E-state index in [-0.39, 0.29) is 0 Å². The van der Waals surface area contributed by atoms with Crippen LogP contribution in [0.5, 0.6) is 0 Å². The summed E-state index contributed by atoms with van der Waals surface area (Å²) >= 11 is 0. The Morgan fingerprint density at radius 2 is 0.808 bits per heavy atom.